The summed E-state index contributed by atoms with van der Waals surface area (Å²) < 4.78 is 10.6. The number of halogens is 1. The average Bonchev–Trinajstić information content (AvgIpc) is 3.22. The SMILES string of the molecule is CO[C@H]1COC[C@@H]1NC(=O)CCc1ccc(-c2ccc(Cl)cc2)[nH]1. The molecular weight excluding hydrogens is 328 g/mol. The van der Waals surface area contributed by atoms with Crippen LogP contribution in [0, 0.1) is 0 Å². The van der Waals surface area contributed by atoms with Crippen molar-refractivity contribution in [1.82, 2.24) is 10.3 Å². The Hall–Kier alpha value is -1.82. The third-order valence-corrected chi connectivity index (χ3v) is 4.45. The third-order valence-electron chi connectivity index (χ3n) is 4.20. The van der Waals surface area contributed by atoms with Gasteiger partial charge >= 0.3 is 0 Å². The molecule has 2 heterocycles. The minimum Gasteiger partial charge on any atom is -0.377 e. The van der Waals surface area contributed by atoms with Crippen LogP contribution in [0.5, 0.6) is 0 Å². The minimum absolute atomic E-state index is 0.00944. The molecule has 1 aliphatic rings. The van der Waals surface area contributed by atoms with Crippen LogP contribution >= 0.6 is 11.6 Å². The van der Waals surface area contributed by atoms with Crippen LogP contribution in [0.1, 0.15) is 12.1 Å². The van der Waals surface area contributed by atoms with Crippen LogP contribution in [0.4, 0.5) is 0 Å². The number of aromatic amines is 1. The van der Waals surface area contributed by atoms with Crippen LogP contribution < -0.4 is 5.32 Å². The summed E-state index contributed by atoms with van der Waals surface area (Å²) >= 11 is 5.91. The monoisotopic (exact) mass is 348 g/mol. The summed E-state index contributed by atoms with van der Waals surface area (Å²) in [6, 6.07) is 11.6. The summed E-state index contributed by atoms with van der Waals surface area (Å²) in [7, 11) is 1.63. The molecule has 6 heteroatoms. The molecule has 0 radical (unpaired) electrons. The number of nitrogens with one attached hydrogen (secondary N) is 2. The summed E-state index contributed by atoms with van der Waals surface area (Å²) in [5.74, 6) is 0.00944. The second-order valence-corrected chi connectivity index (χ2v) is 6.33. The predicted octanol–water partition coefficient (Wildman–Crippen LogP) is 2.80. The van der Waals surface area contributed by atoms with Gasteiger partial charge in [-0.05, 0) is 36.2 Å². The van der Waals surface area contributed by atoms with Gasteiger partial charge in [0.1, 0.15) is 6.10 Å². The van der Waals surface area contributed by atoms with E-state index in [1.807, 2.05) is 36.4 Å². The van der Waals surface area contributed by atoms with Gasteiger partial charge in [0.25, 0.3) is 0 Å². The first-order valence-corrected chi connectivity index (χ1v) is 8.37. The first kappa shape index (κ1) is 17.0. The van der Waals surface area contributed by atoms with Gasteiger partial charge in [-0.3, -0.25) is 4.79 Å². The summed E-state index contributed by atoms with van der Waals surface area (Å²) in [5.41, 5.74) is 3.12. The molecule has 1 amide bonds. The molecule has 1 saturated heterocycles. The average molecular weight is 349 g/mol. The lowest BCUT2D eigenvalue weighted by Gasteiger charge is -2.17. The van der Waals surface area contributed by atoms with Crippen LogP contribution in [-0.2, 0) is 20.7 Å². The molecule has 2 N–H and O–H groups in total. The molecule has 1 aliphatic heterocycles. The van der Waals surface area contributed by atoms with Gasteiger partial charge in [0.15, 0.2) is 0 Å². The lowest BCUT2D eigenvalue weighted by molar-refractivity contribution is -0.122. The normalized spacial score (nSPS) is 20.2. The van der Waals surface area contributed by atoms with E-state index >= 15 is 0 Å². The maximum atomic E-state index is 12.1. The highest BCUT2D eigenvalue weighted by molar-refractivity contribution is 6.30. The standard InChI is InChI=1S/C18H21ClN2O3/c1-23-17-11-24-10-16(17)21-18(22)9-7-14-6-8-15(20-14)12-2-4-13(19)5-3-12/h2-6,8,16-17,20H,7,9-11H2,1H3,(H,21,22)/t16-,17-/m0/s1. The molecule has 0 spiro atoms. The number of rotatable bonds is 6. The fourth-order valence-corrected chi connectivity index (χ4v) is 2.94. The first-order chi connectivity index (χ1) is 11.7. The van der Waals surface area contributed by atoms with Gasteiger partial charge in [-0.2, -0.15) is 0 Å². The highest BCUT2D eigenvalue weighted by Crippen LogP contribution is 2.21. The number of aromatic nitrogens is 1. The van der Waals surface area contributed by atoms with Crippen molar-refractivity contribution in [3.05, 3.63) is 47.1 Å². The first-order valence-electron chi connectivity index (χ1n) is 7.99. The molecule has 128 valence electrons. The smallest absolute Gasteiger partial charge is 0.220 e. The quantitative estimate of drug-likeness (QED) is 0.843. The number of amides is 1. The Morgan fingerprint density at radius 2 is 2.08 bits per heavy atom. The summed E-state index contributed by atoms with van der Waals surface area (Å²) in [6.07, 6.45) is 1.02. The van der Waals surface area contributed by atoms with E-state index in [0.29, 0.717) is 31.1 Å². The van der Waals surface area contributed by atoms with Crippen LogP contribution in [0.2, 0.25) is 5.02 Å². The molecular formula is C18H21ClN2O3. The largest absolute Gasteiger partial charge is 0.377 e. The van der Waals surface area contributed by atoms with Gasteiger partial charge in [0.2, 0.25) is 5.91 Å². The number of ether oxygens (including phenoxy) is 2. The Morgan fingerprint density at radius 3 is 2.83 bits per heavy atom. The second kappa shape index (κ2) is 7.83. The summed E-state index contributed by atoms with van der Waals surface area (Å²) in [6.45, 7) is 1.04. The Bertz CT molecular complexity index is 684. The molecule has 0 aliphatic carbocycles. The van der Waals surface area contributed by atoms with E-state index in [-0.39, 0.29) is 18.1 Å². The number of methoxy groups -OCH3 is 1. The van der Waals surface area contributed by atoms with E-state index in [1.54, 1.807) is 7.11 Å². The van der Waals surface area contributed by atoms with Crippen molar-refractivity contribution in [2.75, 3.05) is 20.3 Å². The second-order valence-electron chi connectivity index (χ2n) is 5.89. The maximum absolute atomic E-state index is 12.1. The zero-order valence-corrected chi connectivity index (χ0v) is 14.3. The van der Waals surface area contributed by atoms with E-state index < -0.39 is 0 Å². The number of carbonyl (C=O) groups is 1. The Morgan fingerprint density at radius 1 is 1.29 bits per heavy atom. The van der Waals surface area contributed by atoms with E-state index in [9.17, 15) is 4.79 Å². The molecule has 0 saturated carbocycles. The Labute approximate surface area is 146 Å². The van der Waals surface area contributed by atoms with Gasteiger partial charge in [-0.1, -0.05) is 23.7 Å². The lowest BCUT2D eigenvalue weighted by Crippen LogP contribution is -2.43. The van der Waals surface area contributed by atoms with E-state index in [1.165, 1.54) is 0 Å². The van der Waals surface area contributed by atoms with Crippen LogP contribution in [-0.4, -0.2) is 43.4 Å². The molecule has 1 fully saturated rings. The van der Waals surface area contributed by atoms with Crippen molar-refractivity contribution in [2.24, 2.45) is 0 Å². The van der Waals surface area contributed by atoms with E-state index in [0.717, 1.165) is 17.0 Å². The third kappa shape index (κ3) is 4.17. The van der Waals surface area contributed by atoms with Gasteiger partial charge in [-0.25, -0.2) is 0 Å². The minimum atomic E-state index is -0.0595. The van der Waals surface area contributed by atoms with E-state index in [2.05, 4.69) is 10.3 Å². The Balaban J connectivity index is 1.52. The lowest BCUT2D eigenvalue weighted by atomic mass is 10.2. The molecule has 24 heavy (non-hydrogen) atoms. The van der Waals surface area contributed by atoms with Gasteiger partial charge in [-0.15, -0.1) is 0 Å². The van der Waals surface area contributed by atoms with Crippen molar-refractivity contribution in [2.45, 2.75) is 25.0 Å². The summed E-state index contributed by atoms with van der Waals surface area (Å²) in [5, 5.41) is 3.69. The molecule has 5 nitrogen and oxygen atoms in total. The van der Waals surface area contributed by atoms with Crippen LogP contribution in [0.3, 0.4) is 0 Å². The fraction of sp³-hybridized carbons (Fsp3) is 0.389. The van der Waals surface area contributed by atoms with Gasteiger partial charge in [0.05, 0.1) is 19.3 Å². The van der Waals surface area contributed by atoms with E-state index in [4.69, 9.17) is 21.1 Å². The van der Waals surface area contributed by atoms with Crippen molar-refractivity contribution < 1.29 is 14.3 Å². The molecule has 2 aromatic rings. The molecule has 1 aromatic heterocycles. The van der Waals surface area contributed by atoms with Crippen molar-refractivity contribution >= 4 is 17.5 Å². The van der Waals surface area contributed by atoms with Crippen molar-refractivity contribution in [3.8, 4) is 11.3 Å². The topological polar surface area (TPSA) is 63.4 Å². The number of hydrogen-bond donors (Lipinski definition) is 2. The van der Waals surface area contributed by atoms with Crippen LogP contribution in [0.15, 0.2) is 36.4 Å². The molecule has 2 atom stereocenters. The predicted molar refractivity (Wildman–Crippen MR) is 93.1 cm³/mol. The number of aryl methyl sites for hydroxylation is 1. The highest BCUT2D eigenvalue weighted by Gasteiger charge is 2.29. The maximum Gasteiger partial charge on any atom is 0.220 e. The number of carbonyl (C=O) groups excluding carboxylic acids is 1. The Kier molecular flexibility index (Phi) is 5.56. The van der Waals surface area contributed by atoms with Gasteiger partial charge < -0.3 is 19.8 Å². The van der Waals surface area contributed by atoms with Crippen molar-refractivity contribution in [3.63, 3.8) is 0 Å². The fourth-order valence-electron chi connectivity index (χ4n) is 2.81. The summed E-state index contributed by atoms with van der Waals surface area (Å²) in [4.78, 5) is 15.4. The molecule has 1 aromatic carbocycles. The molecule has 0 unspecified atom stereocenters. The van der Waals surface area contributed by atoms with Gasteiger partial charge in [0, 0.05) is 29.9 Å². The number of hydrogen-bond acceptors (Lipinski definition) is 3. The molecule has 3 rings (SSSR count). The number of benzene rings is 1. The number of H-pyrrole nitrogens is 1. The van der Waals surface area contributed by atoms with Crippen molar-refractivity contribution in [1.29, 1.82) is 0 Å². The molecule has 0 bridgehead atoms. The zero-order chi connectivity index (χ0) is 16.9. The zero-order valence-electron chi connectivity index (χ0n) is 13.5. The van der Waals surface area contributed by atoms with Crippen LogP contribution in [0.25, 0.3) is 11.3 Å². The highest BCUT2D eigenvalue weighted by atomic mass is 35.5.